The number of hydrogen-bond donors (Lipinski definition) is 2. The Hall–Kier alpha value is -0.120. The van der Waals surface area contributed by atoms with Crippen molar-refractivity contribution >= 4 is 0 Å². The lowest BCUT2D eigenvalue weighted by atomic mass is 9.79. The third kappa shape index (κ3) is 3.94. The van der Waals surface area contributed by atoms with Crippen LogP contribution in [0, 0.1) is 5.41 Å². The van der Waals surface area contributed by atoms with Crippen LogP contribution in [0.2, 0.25) is 0 Å². The van der Waals surface area contributed by atoms with E-state index in [4.69, 9.17) is 5.73 Å². The molecule has 0 aromatic carbocycles. The van der Waals surface area contributed by atoms with Crippen molar-refractivity contribution in [3.63, 3.8) is 0 Å². The van der Waals surface area contributed by atoms with Gasteiger partial charge in [-0.25, -0.2) is 0 Å². The van der Waals surface area contributed by atoms with Crippen LogP contribution in [0.3, 0.4) is 0 Å². The molecule has 0 saturated carbocycles. The molecule has 1 fully saturated rings. The van der Waals surface area contributed by atoms with E-state index in [9.17, 15) is 5.11 Å². The Morgan fingerprint density at radius 3 is 2.12 bits per heavy atom. The van der Waals surface area contributed by atoms with E-state index in [-0.39, 0.29) is 11.5 Å². The molecule has 0 amide bonds. The largest absolute Gasteiger partial charge is 0.390 e. The maximum Gasteiger partial charge on any atom is 0.0644 e. The number of nitrogens with two attached hydrogens (primary N) is 1. The molecule has 0 aromatic heterocycles. The van der Waals surface area contributed by atoms with Crippen molar-refractivity contribution < 1.29 is 5.11 Å². The van der Waals surface area contributed by atoms with Crippen LogP contribution in [-0.4, -0.2) is 40.8 Å². The van der Waals surface area contributed by atoms with Gasteiger partial charge in [-0.05, 0) is 31.6 Å². The van der Waals surface area contributed by atoms with Crippen LogP contribution in [0.4, 0.5) is 0 Å². The molecule has 0 bridgehead atoms. The molecule has 2 atom stereocenters. The second-order valence-corrected chi connectivity index (χ2v) is 6.92. The molecule has 102 valence electrons. The molecule has 2 unspecified atom stereocenters. The first kappa shape index (κ1) is 14.9. The third-order valence-corrected chi connectivity index (χ3v) is 4.03. The summed E-state index contributed by atoms with van der Waals surface area (Å²) in [5.74, 6) is 0. The Kier molecular flexibility index (Phi) is 4.61. The van der Waals surface area contributed by atoms with Gasteiger partial charge in [0.25, 0.3) is 0 Å². The molecule has 1 heterocycles. The maximum atomic E-state index is 10.0. The predicted molar refractivity (Wildman–Crippen MR) is 72.9 cm³/mol. The van der Waals surface area contributed by atoms with E-state index < -0.39 is 5.60 Å². The Labute approximate surface area is 106 Å². The van der Waals surface area contributed by atoms with Crippen LogP contribution in [0.25, 0.3) is 0 Å². The van der Waals surface area contributed by atoms with Crippen LogP contribution in [0.5, 0.6) is 0 Å². The van der Waals surface area contributed by atoms with Gasteiger partial charge in [0, 0.05) is 25.2 Å². The first-order chi connectivity index (χ1) is 7.67. The number of likely N-dealkylation sites (tertiary alicyclic amines) is 1. The fraction of sp³-hybridized carbons (Fsp3) is 1.00. The van der Waals surface area contributed by atoms with Crippen LogP contribution in [0.1, 0.15) is 53.9 Å². The number of aliphatic hydroxyl groups is 1. The maximum absolute atomic E-state index is 10.0. The fourth-order valence-corrected chi connectivity index (χ4v) is 2.97. The Bertz CT molecular complexity index is 235. The molecule has 1 saturated heterocycles. The highest BCUT2D eigenvalue weighted by molar-refractivity contribution is 4.94. The smallest absolute Gasteiger partial charge is 0.0644 e. The molecule has 17 heavy (non-hydrogen) atoms. The van der Waals surface area contributed by atoms with Crippen LogP contribution in [0.15, 0.2) is 0 Å². The molecule has 1 aliphatic heterocycles. The third-order valence-electron chi connectivity index (χ3n) is 4.03. The zero-order chi connectivity index (χ0) is 13.3. The van der Waals surface area contributed by atoms with E-state index in [2.05, 4.69) is 32.6 Å². The molecule has 0 spiro atoms. The van der Waals surface area contributed by atoms with Crippen LogP contribution >= 0.6 is 0 Å². The molecule has 3 nitrogen and oxygen atoms in total. The van der Waals surface area contributed by atoms with Gasteiger partial charge in [-0.2, -0.15) is 0 Å². The van der Waals surface area contributed by atoms with Gasteiger partial charge in [-0.15, -0.1) is 0 Å². The van der Waals surface area contributed by atoms with Crippen molar-refractivity contribution in [1.29, 1.82) is 0 Å². The minimum Gasteiger partial charge on any atom is -0.390 e. The molecule has 3 N–H and O–H groups in total. The first-order valence-electron chi connectivity index (χ1n) is 6.89. The van der Waals surface area contributed by atoms with Crippen molar-refractivity contribution in [2.75, 3.05) is 13.1 Å². The summed E-state index contributed by atoms with van der Waals surface area (Å²) in [6, 6.07) is 0.627. The molecular formula is C14H30N2O. The molecular weight excluding hydrogens is 212 g/mol. The molecule has 0 radical (unpaired) electrons. The minimum atomic E-state index is -0.477. The van der Waals surface area contributed by atoms with E-state index in [1.807, 2.05) is 6.92 Å². The Morgan fingerprint density at radius 2 is 1.76 bits per heavy atom. The van der Waals surface area contributed by atoms with E-state index in [0.717, 1.165) is 32.4 Å². The monoisotopic (exact) mass is 242 g/mol. The Morgan fingerprint density at radius 1 is 1.29 bits per heavy atom. The quantitative estimate of drug-likeness (QED) is 0.795. The average Bonchev–Trinajstić information content (AvgIpc) is 2.18. The van der Waals surface area contributed by atoms with Gasteiger partial charge in [-0.1, -0.05) is 27.7 Å². The first-order valence-corrected chi connectivity index (χ1v) is 6.89. The molecule has 3 heteroatoms. The number of nitrogens with zero attached hydrogens (tertiary/aromatic N) is 1. The lowest BCUT2D eigenvalue weighted by Gasteiger charge is -2.47. The standard InChI is InChI=1S/C14H30N2O/c1-6-11(15)12(13(2,3)4)16-9-7-14(5,17)8-10-16/h11-12,17H,6-10,15H2,1-5H3. The average molecular weight is 242 g/mol. The zero-order valence-corrected chi connectivity index (χ0v) is 12.2. The van der Waals surface area contributed by atoms with Gasteiger partial charge < -0.3 is 10.8 Å². The van der Waals surface area contributed by atoms with Crippen molar-refractivity contribution in [3.8, 4) is 0 Å². The van der Waals surface area contributed by atoms with Crippen molar-refractivity contribution in [2.24, 2.45) is 11.1 Å². The summed E-state index contributed by atoms with van der Waals surface area (Å²) in [7, 11) is 0. The summed E-state index contributed by atoms with van der Waals surface area (Å²) in [6.07, 6.45) is 2.72. The summed E-state index contributed by atoms with van der Waals surface area (Å²) in [5, 5.41) is 10.0. The lowest BCUT2D eigenvalue weighted by molar-refractivity contribution is -0.0372. The number of rotatable bonds is 3. The van der Waals surface area contributed by atoms with E-state index in [0.29, 0.717) is 6.04 Å². The van der Waals surface area contributed by atoms with Gasteiger partial charge >= 0.3 is 0 Å². The summed E-state index contributed by atoms with van der Waals surface area (Å²) in [5.41, 5.74) is 6.01. The van der Waals surface area contributed by atoms with Crippen molar-refractivity contribution in [3.05, 3.63) is 0 Å². The fourth-order valence-electron chi connectivity index (χ4n) is 2.97. The Balaban J connectivity index is 2.73. The van der Waals surface area contributed by atoms with Crippen molar-refractivity contribution in [1.82, 2.24) is 4.90 Å². The normalized spacial score (nSPS) is 25.6. The highest BCUT2D eigenvalue weighted by atomic mass is 16.3. The molecule has 1 aliphatic rings. The van der Waals surface area contributed by atoms with Gasteiger partial charge in [0.15, 0.2) is 0 Å². The molecule has 1 rings (SSSR count). The zero-order valence-electron chi connectivity index (χ0n) is 12.2. The van der Waals surface area contributed by atoms with Gasteiger partial charge in [0.2, 0.25) is 0 Å². The lowest BCUT2D eigenvalue weighted by Crippen LogP contribution is -2.58. The van der Waals surface area contributed by atoms with Crippen molar-refractivity contribution in [2.45, 2.75) is 71.6 Å². The number of piperidine rings is 1. The minimum absolute atomic E-state index is 0.193. The van der Waals surface area contributed by atoms with Gasteiger partial charge in [0.1, 0.15) is 0 Å². The summed E-state index contributed by atoms with van der Waals surface area (Å²) in [4.78, 5) is 2.48. The summed E-state index contributed by atoms with van der Waals surface area (Å²) in [6.45, 7) is 12.8. The SMILES string of the molecule is CCC(N)C(N1CCC(C)(O)CC1)C(C)(C)C. The van der Waals surface area contributed by atoms with E-state index in [1.54, 1.807) is 0 Å². The second kappa shape index (κ2) is 5.25. The van der Waals surface area contributed by atoms with E-state index in [1.165, 1.54) is 0 Å². The predicted octanol–water partition coefficient (Wildman–Crippen LogP) is 1.99. The van der Waals surface area contributed by atoms with Crippen LogP contribution < -0.4 is 5.73 Å². The van der Waals surface area contributed by atoms with E-state index >= 15 is 0 Å². The highest BCUT2D eigenvalue weighted by Gasteiger charge is 2.38. The van der Waals surface area contributed by atoms with Crippen LogP contribution in [-0.2, 0) is 0 Å². The second-order valence-electron chi connectivity index (χ2n) is 6.92. The topological polar surface area (TPSA) is 49.5 Å². The molecule has 0 aromatic rings. The van der Waals surface area contributed by atoms with Gasteiger partial charge in [-0.3, -0.25) is 4.90 Å². The number of hydrogen-bond acceptors (Lipinski definition) is 3. The summed E-state index contributed by atoms with van der Waals surface area (Å²) < 4.78 is 0. The highest BCUT2D eigenvalue weighted by Crippen LogP contribution is 2.31. The molecule has 0 aliphatic carbocycles. The van der Waals surface area contributed by atoms with Gasteiger partial charge in [0.05, 0.1) is 5.60 Å². The summed E-state index contributed by atoms with van der Waals surface area (Å²) >= 11 is 0.